The molecule has 0 bridgehead atoms. The van der Waals surface area contributed by atoms with Crippen LogP contribution in [0.2, 0.25) is 0 Å². The summed E-state index contributed by atoms with van der Waals surface area (Å²) in [5, 5.41) is 0. The first kappa shape index (κ1) is 16.6. The van der Waals surface area contributed by atoms with Gasteiger partial charge in [-0.15, -0.1) is 0 Å². The summed E-state index contributed by atoms with van der Waals surface area (Å²) in [4.78, 5) is 35.0. The lowest BCUT2D eigenvalue weighted by molar-refractivity contribution is -0.153. The first-order chi connectivity index (χ1) is 9.32. The first-order valence-electron chi connectivity index (χ1n) is 6.86. The number of ketones is 1. The average Bonchev–Trinajstić information content (AvgIpc) is 2.78. The number of hydrogen-bond acceptors (Lipinski definition) is 6. The van der Waals surface area contributed by atoms with Crippen LogP contribution in [0.25, 0.3) is 0 Å². The molecule has 1 rings (SSSR count). The van der Waals surface area contributed by atoms with Crippen molar-refractivity contribution in [2.24, 2.45) is 23.1 Å². The summed E-state index contributed by atoms with van der Waals surface area (Å²) in [6, 6.07) is -0.831. The molecule has 7 heteroatoms. The van der Waals surface area contributed by atoms with E-state index < -0.39 is 29.4 Å². The van der Waals surface area contributed by atoms with Crippen LogP contribution >= 0.6 is 0 Å². The van der Waals surface area contributed by atoms with Crippen molar-refractivity contribution in [3.05, 3.63) is 0 Å². The Morgan fingerprint density at radius 3 is 2.60 bits per heavy atom. The van der Waals surface area contributed by atoms with E-state index in [1.165, 1.54) is 0 Å². The quantitative estimate of drug-likeness (QED) is 0.524. The Balaban J connectivity index is 2.75. The fraction of sp³-hybridized carbons (Fsp3) is 0.769. The molecule has 1 amide bonds. The standard InChI is InChI=1S/C13H23N3O4/c1-2-20-12(19)13(16)7-3-4-8(13)11(18)9(14)5-6-10(15)17/h8-9H,2-7,14,16H2,1H3,(H2,15,17)/t8?,9-,13?/m0/s1. The van der Waals surface area contributed by atoms with Crippen LogP contribution in [0.1, 0.15) is 39.0 Å². The summed E-state index contributed by atoms with van der Waals surface area (Å²) < 4.78 is 4.96. The van der Waals surface area contributed by atoms with E-state index in [-0.39, 0.29) is 25.2 Å². The smallest absolute Gasteiger partial charge is 0.326 e. The Bertz CT molecular complexity index is 399. The van der Waals surface area contributed by atoms with Crippen molar-refractivity contribution < 1.29 is 19.1 Å². The molecule has 0 aromatic rings. The predicted molar refractivity (Wildman–Crippen MR) is 72.3 cm³/mol. The minimum Gasteiger partial charge on any atom is -0.465 e. The highest BCUT2D eigenvalue weighted by molar-refractivity contribution is 5.95. The zero-order valence-electron chi connectivity index (χ0n) is 11.8. The van der Waals surface area contributed by atoms with Crippen molar-refractivity contribution >= 4 is 17.7 Å². The molecule has 0 aromatic heterocycles. The number of hydrogen-bond donors (Lipinski definition) is 3. The number of carbonyl (C=O) groups is 3. The Kier molecular flexibility index (Phi) is 5.64. The van der Waals surface area contributed by atoms with Gasteiger partial charge in [-0.25, -0.2) is 0 Å². The number of nitrogens with two attached hydrogens (primary N) is 3. The van der Waals surface area contributed by atoms with Crippen LogP contribution in [0.15, 0.2) is 0 Å². The van der Waals surface area contributed by atoms with Crippen LogP contribution in [-0.2, 0) is 19.1 Å². The fourth-order valence-corrected chi connectivity index (χ4v) is 2.63. The molecule has 3 atom stereocenters. The molecule has 2 unspecified atom stereocenters. The lowest BCUT2D eigenvalue weighted by Crippen LogP contribution is -2.56. The minimum absolute atomic E-state index is 0.0383. The van der Waals surface area contributed by atoms with E-state index in [0.717, 1.165) is 0 Å². The van der Waals surface area contributed by atoms with Gasteiger partial charge in [0.05, 0.1) is 12.6 Å². The molecule has 20 heavy (non-hydrogen) atoms. The molecule has 1 aliphatic rings. The van der Waals surface area contributed by atoms with Gasteiger partial charge >= 0.3 is 5.97 Å². The van der Waals surface area contributed by atoms with Gasteiger partial charge in [-0.3, -0.25) is 14.4 Å². The van der Waals surface area contributed by atoms with Crippen LogP contribution in [0, 0.1) is 5.92 Å². The van der Waals surface area contributed by atoms with Crippen molar-refractivity contribution in [2.75, 3.05) is 6.61 Å². The van der Waals surface area contributed by atoms with Crippen molar-refractivity contribution in [3.8, 4) is 0 Å². The van der Waals surface area contributed by atoms with E-state index in [1.54, 1.807) is 6.92 Å². The van der Waals surface area contributed by atoms with Gasteiger partial charge in [-0.2, -0.15) is 0 Å². The highest BCUT2D eigenvalue weighted by Crippen LogP contribution is 2.36. The van der Waals surface area contributed by atoms with Crippen LogP contribution in [0.5, 0.6) is 0 Å². The summed E-state index contributed by atoms with van der Waals surface area (Å²) in [6.45, 7) is 1.90. The van der Waals surface area contributed by atoms with Crippen molar-refractivity contribution in [2.45, 2.75) is 50.6 Å². The van der Waals surface area contributed by atoms with Gasteiger partial charge in [-0.05, 0) is 26.2 Å². The van der Waals surface area contributed by atoms with Crippen LogP contribution in [0.3, 0.4) is 0 Å². The van der Waals surface area contributed by atoms with E-state index in [2.05, 4.69) is 0 Å². The van der Waals surface area contributed by atoms with Gasteiger partial charge in [0.25, 0.3) is 0 Å². The Morgan fingerprint density at radius 1 is 1.40 bits per heavy atom. The number of primary amides is 1. The third kappa shape index (κ3) is 3.55. The number of ether oxygens (including phenoxy) is 1. The highest BCUT2D eigenvalue weighted by atomic mass is 16.5. The molecule has 6 N–H and O–H groups in total. The molecule has 1 fully saturated rings. The van der Waals surface area contributed by atoms with Crippen molar-refractivity contribution in [1.82, 2.24) is 0 Å². The largest absolute Gasteiger partial charge is 0.465 e. The lowest BCUT2D eigenvalue weighted by atomic mass is 9.81. The monoisotopic (exact) mass is 285 g/mol. The maximum Gasteiger partial charge on any atom is 0.326 e. The summed E-state index contributed by atoms with van der Waals surface area (Å²) in [6.07, 6.45) is 1.80. The summed E-state index contributed by atoms with van der Waals surface area (Å²) in [5.74, 6) is -2.01. The SMILES string of the molecule is CCOC(=O)C1(N)CCCC1C(=O)[C@@H](N)CCC(N)=O. The number of amides is 1. The van der Waals surface area contributed by atoms with Crippen LogP contribution < -0.4 is 17.2 Å². The van der Waals surface area contributed by atoms with Crippen molar-refractivity contribution in [3.63, 3.8) is 0 Å². The molecule has 114 valence electrons. The summed E-state index contributed by atoms with van der Waals surface area (Å²) in [5.41, 5.74) is 15.6. The normalized spacial score (nSPS) is 27.1. The molecule has 0 saturated heterocycles. The molecular formula is C13H23N3O4. The lowest BCUT2D eigenvalue weighted by Gasteiger charge is -2.29. The predicted octanol–water partition coefficient (Wildman–Crippen LogP) is -0.791. The third-order valence-electron chi connectivity index (χ3n) is 3.77. The molecular weight excluding hydrogens is 262 g/mol. The zero-order valence-corrected chi connectivity index (χ0v) is 11.8. The van der Waals surface area contributed by atoms with Gasteiger partial charge < -0.3 is 21.9 Å². The molecule has 7 nitrogen and oxygen atoms in total. The zero-order chi connectivity index (χ0) is 15.3. The fourth-order valence-electron chi connectivity index (χ4n) is 2.63. The van der Waals surface area contributed by atoms with E-state index in [1.807, 2.05) is 0 Å². The molecule has 0 aliphatic heterocycles. The number of Topliss-reactive ketones (excluding diaryl/α,β-unsaturated/α-hetero) is 1. The second-order valence-corrected chi connectivity index (χ2v) is 5.22. The highest BCUT2D eigenvalue weighted by Gasteiger charge is 2.51. The second-order valence-electron chi connectivity index (χ2n) is 5.22. The molecule has 1 aliphatic carbocycles. The molecule has 1 saturated carbocycles. The van der Waals surface area contributed by atoms with E-state index >= 15 is 0 Å². The maximum atomic E-state index is 12.3. The van der Waals surface area contributed by atoms with Crippen LogP contribution in [0.4, 0.5) is 0 Å². The number of carbonyl (C=O) groups excluding carboxylic acids is 3. The van der Waals surface area contributed by atoms with E-state index in [4.69, 9.17) is 21.9 Å². The van der Waals surface area contributed by atoms with Crippen LogP contribution in [-0.4, -0.2) is 35.8 Å². The second kappa shape index (κ2) is 6.81. The number of rotatable bonds is 7. The van der Waals surface area contributed by atoms with E-state index in [9.17, 15) is 14.4 Å². The topological polar surface area (TPSA) is 138 Å². The summed E-state index contributed by atoms with van der Waals surface area (Å²) >= 11 is 0. The minimum atomic E-state index is -1.29. The maximum absolute atomic E-state index is 12.3. The molecule has 0 heterocycles. The molecule has 0 radical (unpaired) electrons. The Labute approximate surface area is 118 Å². The first-order valence-corrected chi connectivity index (χ1v) is 6.86. The van der Waals surface area contributed by atoms with Gasteiger partial charge in [0.1, 0.15) is 5.54 Å². The third-order valence-corrected chi connectivity index (χ3v) is 3.77. The molecule has 0 aromatic carbocycles. The number of esters is 1. The average molecular weight is 285 g/mol. The van der Waals surface area contributed by atoms with Gasteiger partial charge in [-0.1, -0.05) is 6.42 Å². The van der Waals surface area contributed by atoms with Gasteiger partial charge in [0, 0.05) is 12.3 Å². The Morgan fingerprint density at radius 2 is 2.05 bits per heavy atom. The summed E-state index contributed by atoms with van der Waals surface area (Å²) in [7, 11) is 0. The Hall–Kier alpha value is -1.47. The molecule has 0 spiro atoms. The van der Waals surface area contributed by atoms with Gasteiger partial charge in [0.15, 0.2) is 5.78 Å². The van der Waals surface area contributed by atoms with Crippen molar-refractivity contribution in [1.29, 1.82) is 0 Å². The van der Waals surface area contributed by atoms with E-state index in [0.29, 0.717) is 19.3 Å². The van der Waals surface area contributed by atoms with Gasteiger partial charge in [0.2, 0.25) is 5.91 Å².